The van der Waals surface area contributed by atoms with Crippen molar-refractivity contribution in [1.29, 1.82) is 0 Å². The highest BCUT2D eigenvalue weighted by atomic mass is 19.4. The number of alkyl halides is 6. The first-order chi connectivity index (χ1) is 9.12. The molecule has 8 heteroatoms. The predicted molar refractivity (Wildman–Crippen MR) is 58.1 cm³/mol. The third-order valence-corrected chi connectivity index (χ3v) is 2.34. The third kappa shape index (κ3) is 2.94. The van der Waals surface area contributed by atoms with Crippen LogP contribution in [-0.2, 0) is 4.79 Å². The summed E-state index contributed by atoms with van der Waals surface area (Å²) < 4.78 is 78.6. The van der Waals surface area contributed by atoms with Crippen molar-refractivity contribution in [3.05, 3.63) is 36.4 Å². The van der Waals surface area contributed by atoms with Crippen molar-refractivity contribution in [1.82, 2.24) is 0 Å². The highest BCUT2D eigenvalue weighted by Crippen LogP contribution is 2.40. The van der Waals surface area contributed by atoms with Crippen LogP contribution in [0.1, 0.15) is 5.56 Å². The Bertz CT molecular complexity index is 494. The fourth-order valence-corrected chi connectivity index (χ4v) is 1.18. The second-order valence-electron chi connectivity index (χ2n) is 3.67. The number of halogens is 6. The summed E-state index contributed by atoms with van der Waals surface area (Å²) in [7, 11) is 0. The summed E-state index contributed by atoms with van der Waals surface area (Å²) in [5.41, 5.74) is -4.83. The van der Waals surface area contributed by atoms with Crippen LogP contribution >= 0.6 is 0 Å². The van der Waals surface area contributed by atoms with Gasteiger partial charge in [-0.1, -0.05) is 24.8 Å². The van der Waals surface area contributed by atoms with Gasteiger partial charge in [-0.25, -0.2) is 18.0 Å². The van der Waals surface area contributed by atoms with Crippen molar-refractivity contribution in [2.45, 2.75) is 18.3 Å². The van der Waals surface area contributed by atoms with E-state index in [0.29, 0.717) is 5.56 Å². The molecule has 0 N–H and O–H groups in total. The van der Waals surface area contributed by atoms with E-state index in [2.05, 4.69) is 11.3 Å². The van der Waals surface area contributed by atoms with Crippen LogP contribution in [0.25, 0.3) is 6.08 Å². The highest BCUT2D eigenvalue weighted by molar-refractivity contribution is 5.83. The molecule has 1 unspecified atom stereocenters. The molecule has 0 bridgehead atoms. The lowest BCUT2D eigenvalue weighted by molar-refractivity contribution is -0.264. The second-order valence-corrected chi connectivity index (χ2v) is 3.67. The van der Waals surface area contributed by atoms with Gasteiger partial charge >= 0.3 is 17.8 Å². The van der Waals surface area contributed by atoms with Crippen LogP contribution in [0.4, 0.5) is 26.3 Å². The third-order valence-electron chi connectivity index (χ3n) is 2.34. The molecule has 1 rings (SSSR count). The molecular formula is C12H8F6O2. The highest BCUT2D eigenvalue weighted by Gasteiger charge is 2.69. The van der Waals surface area contributed by atoms with Crippen LogP contribution in [0, 0.1) is 0 Å². The minimum absolute atomic E-state index is 0.493. The molecule has 0 spiro atoms. The molecule has 1 atom stereocenters. The summed E-state index contributed by atoms with van der Waals surface area (Å²) in [6.45, 7) is 3.40. The summed E-state index contributed by atoms with van der Waals surface area (Å²) in [6.07, 6.45) is -9.29. The first-order valence-electron chi connectivity index (χ1n) is 5.11. The molecule has 0 aromatic heterocycles. The van der Waals surface area contributed by atoms with Gasteiger partial charge in [0.2, 0.25) is 0 Å². The Morgan fingerprint density at radius 2 is 1.65 bits per heavy atom. The normalized spacial score (nSPS) is 14.8. The zero-order valence-corrected chi connectivity index (χ0v) is 9.76. The molecule has 0 amide bonds. The number of carbonyl (C=O) groups is 1. The number of benzene rings is 1. The Balaban J connectivity index is 3.00. The lowest BCUT2D eigenvalue weighted by Gasteiger charge is -2.24. The summed E-state index contributed by atoms with van der Waals surface area (Å²) in [5, 5.41) is 0. The maximum Gasteiger partial charge on any atom is 0.439 e. The molecule has 0 aliphatic heterocycles. The first kappa shape index (κ1) is 16.1. The number of carbonyl (C=O) groups excluding carboxylic acids is 1. The summed E-state index contributed by atoms with van der Waals surface area (Å²) >= 11 is 0. The van der Waals surface area contributed by atoms with Crippen LogP contribution in [0.15, 0.2) is 30.8 Å². The predicted octanol–water partition coefficient (Wildman–Crippen LogP) is 3.77. The smallest absolute Gasteiger partial charge is 0.424 e. The van der Waals surface area contributed by atoms with Gasteiger partial charge in [0.05, 0.1) is 0 Å². The lowest BCUT2D eigenvalue weighted by Crippen LogP contribution is -2.55. The van der Waals surface area contributed by atoms with E-state index in [0.717, 1.165) is 12.1 Å². The number of ether oxygens (including phenoxy) is 1. The maximum absolute atomic E-state index is 13.3. The van der Waals surface area contributed by atoms with Crippen molar-refractivity contribution >= 4 is 12.0 Å². The average molecular weight is 298 g/mol. The number of hydrogen-bond acceptors (Lipinski definition) is 2. The molecular weight excluding hydrogens is 290 g/mol. The van der Waals surface area contributed by atoms with Gasteiger partial charge in [0.25, 0.3) is 6.43 Å². The van der Waals surface area contributed by atoms with Crippen LogP contribution in [-0.4, -0.2) is 24.2 Å². The van der Waals surface area contributed by atoms with Gasteiger partial charge < -0.3 is 4.74 Å². The molecule has 0 saturated carbocycles. The van der Waals surface area contributed by atoms with Crippen LogP contribution in [0.5, 0.6) is 5.75 Å². The van der Waals surface area contributed by atoms with Gasteiger partial charge in [-0.3, -0.25) is 0 Å². The largest absolute Gasteiger partial charge is 0.439 e. The first-order valence-corrected chi connectivity index (χ1v) is 5.11. The summed E-state index contributed by atoms with van der Waals surface area (Å²) in [4.78, 5) is 11.1. The van der Waals surface area contributed by atoms with Crippen molar-refractivity contribution in [3.63, 3.8) is 0 Å². The Hall–Kier alpha value is -1.99. The van der Waals surface area contributed by atoms with Crippen LogP contribution in [0.3, 0.4) is 0 Å². The van der Waals surface area contributed by atoms with E-state index in [-0.39, 0.29) is 0 Å². The average Bonchev–Trinajstić information content (AvgIpc) is 2.36. The van der Waals surface area contributed by atoms with Crippen LogP contribution in [0.2, 0.25) is 0 Å². The molecule has 0 fully saturated rings. The zero-order valence-electron chi connectivity index (χ0n) is 9.76. The molecule has 0 radical (unpaired) electrons. The van der Waals surface area contributed by atoms with Gasteiger partial charge in [0, 0.05) is 0 Å². The Labute approximate surface area is 109 Å². The molecule has 1 aromatic carbocycles. The Morgan fingerprint density at radius 3 is 2.00 bits per heavy atom. The topological polar surface area (TPSA) is 26.3 Å². The molecule has 0 saturated heterocycles. The number of rotatable bonds is 4. The maximum atomic E-state index is 13.3. The number of hydrogen-bond donors (Lipinski definition) is 0. The van der Waals surface area contributed by atoms with E-state index in [4.69, 9.17) is 0 Å². The van der Waals surface area contributed by atoms with Crippen molar-refractivity contribution in [3.8, 4) is 5.75 Å². The van der Waals surface area contributed by atoms with Crippen molar-refractivity contribution < 1.29 is 35.9 Å². The van der Waals surface area contributed by atoms with Crippen molar-refractivity contribution in [2.24, 2.45) is 0 Å². The minimum atomic E-state index is -6.08. The summed E-state index contributed by atoms with van der Waals surface area (Å²) in [5.74, 6) is -3.21. The molecule has 20 heavy (non-hydrogen) atoms. The SMILES string of the molecule is C=Cc1ccc(OC(=O)C(F)(C(F)F)C(F)(F)F)cc1. The monoisotopic (exact) mass is 298 g/mol. The fourth-order valence-electron chi connectivity index (χ4n) is 1.18. The standard InChI is InChI=1S/C12H8F6O2/c1-2-7-3-5-8(6-4-7)20-10(19)11(15,9(13)14)12(16,17)18/h2-6,9H,1H2. The van der Waals surface area contributed by atoms with E-state index < -0.39 is 30.0 Å². The molecule has 1 aromatic rings. The minimum Gasteiger partial charge on any atom is -0.424 e. The van der Waals surface area contributed by atoms with Gasteiger partial charge in [-0.2, -0.15) is 13.2 Å². The van der Waals surface area contributed by atoms with E-state index in [1.165, 1.54) is 18.2 Å². The Morgan fingerprint density at radius 1 is 1.15 bits per heavy atom. The van der Waals surface area contributed by atoms with E-state index >= 15 is 0 Å². The van der Waals surface area contributed by atoms with Crippen molar-refractivity contribution in [2.75, 3.05) is 0 Å². The molecule has 0 heterocycles. The van der Waals surface area contributed by atoms with Gasteiger partial charge in [-0.05, 0) is 17.7 Å². The van der Waals surface area contributed by atoms with Gasteiger partial charge in [0.15, 0.2) is 0 Å². The van der Waals surface area contributed by atoms with E-state index in [1.54, 1.807) is 0 Å². The molecule has 0 aliphatic carbocycles. The van der Waals surface area contributed by atoms with Gasteiger partial charge in [0.1, 0.15) is 5.75 Å². The Kier molecular flexibility index (Phi) is 4.46. The fraction of sp³-hybridized carbons (Fsp3) is 0.250. The van der Waals surface area contributed by atoms with Crippen LogP contribution < -0.4 is 4.74 Å². The molecule has 0 aliphatic rings. The lowest BCUT2D eigenvalue weighted by atomic mass is 10.1. The van der Waals surface area contributed by atoms with E-state index in [9.17, 15) is 31.1 Å². The number of esters is 1. The molecule has 2 nitrogen and oxygen atoms in total. The quantitative estimate of drug-likeness (QED) is 0.480. The second kappa shape index (κ2) is 5.56. The van der Waals surface area contributed by atoms with E-state index in [1.807, 2.05) is 0 Å². The molecule has 110 valence electrons. The van der Waals surface area contributed by atoms with Gasteiger partial charge in [-0.15, -0.1) is 0 Å². The zero-order chi connectivity index (χ0) is 15.6. The summed E-state index contributed by atoms with van der Waals surface area (Å²) in [6, 6.07) is 4.64.